The molecule has 116 valence electrons. The lowest BCUT2D eigenvalue weighted by Crippen LogP contribution is -2.50. The lowest BCUT2D eigenvalue weighted by Gasteiger charge is -2.27. The second kappa shape index (κ2) is 6.24. The van der Waals surface area contributed by atoms with Crippen LogP contribution in [-0.4, -0.2) is 36.5 Å². The van der Waals surface area contributed by atoms with E-state index >= 15 is 0 Å². The minimum Gasteiger partial charge on any atom is -0.308 e. The van der Waals surface area contributed by atoms with Crippen LogP contribution >= 0.6 is 0 Å². The first-order valence-electron chi connectivity index (χ1n) is 6.76. The molecule has 1 aromatic rings. The predicted octanol–water partition coefficient (Wildman–Crippen LogP) is 1.44. The zero-order valence-electron chi connectivity index (χ0n) is 13.1. The topological polar surface area (TPSA) is 76.0 Å². The SMILES string of the molecule is CC(C)n1cc([C@@H](C)NCC(C)(C)NS(C)(=O)=O)cn1. The van der Waals surface area contributed by atoms with Crippen molar-refractivity contribution in [2.75, 3.05) is 12.8 Å². The average Bonchev–Trinajstić information content (AvgIpc) is 2.71. The van der Waals surface area contributed by atoms with Crippen LogP contribution in [0, 0.1) is 0 Å². The molecule has 1 heterocycles. The summed E-state index contributed by atoms with van der Waals surface area (Å²) < 4.78 is 27.1. The van der Waals surface area contributed by atoms with Crippen molar-refractivity contribution < 1.29 is 8.42 Å². The molecule has 0 fully saturated rings. The number of sulfonamides is 1. The third kappa shape index (κ3) is 5.60. The molecule has 7 heteroatoms. The first kappa shape index (κ1) is 17.1. The van der Waals surface area contributed by atoms with Crippen LogP contribution in [0.4, 0.5) is 0 Å². The summed E-state index contributed by atoms with van der Waals surface area (Å²) in [5.74, 6) is 0. The Morgan fingerprint density at radius 3 is 2.40 bits per heavy atom. The lowest BCUT2D eigenvalue weighted by molar-refractivity contribution is 0.399. The molecule has 1 rings (SSSR count). The zero-order chi connectivity index (χ0) is 15.6. The molecule has 1 aromatic heterocycles. The molecule has 0 bridgehead atoms. The quantitative estimate of drug-likeness (QED) is 0.799. The van der Waals surface area contributed by atoms with Crippen molar-refractivity contribution in [3.8, 4) is 0 Å². The second-order valence-corrected chi connectivity index (χ2v) is 7.96. The number of nitrogens with zero attached hydrogens (tertiary/aromatic N) is 2. The molecule has 20 heavy (non-hydrogen) atoms. The third-order valence-electron chi connectivity index (χ3n) is 2.96. The molecular weight excluding hydrogens is 276 g/mol. The zero-order valence-corrected chi connectivity index (χ0v) is 14.0. The highest BCUT2D eigenvalue weighted by Crippen LogP contribution is 2.14. The van der Waals surface area contributed by atoms with Crippen LogP contribution in [0.1, 0.15) is 52.3 Å². The van der Waals surface area contributed by atoms with Gasteiger partial charge in [-0.1, -0.05) is 0 Å². The van der Waals surface area contributed by atoms with Gasteiger partial charge in [0.15, 0.2) is 0 Å². The predicted molar refractivity (Wildman–Crippen MR) is 81.1 cm³/mol. The van der Waals surface area contributed by atoms with Crippen LogP contribution in [0.2, 0.25) is 0 Å². The Kier molecular flexibility index (Phi) is 5.34. The number of aromatic nitrogens is 2. The number of rotatable bonds is 7. The maximum Gasteiger partial charge on any atom is 0.209 e. The normalized spacial score (nSPS) is 14.8. The molecule has 0 aromatic carbocycles. The standard InChI is InChI=1S/C13H26N4O2S/c1-10(2)17-8-12(7-15-17)11(3)14-9-13(4,5)16-20(6,18)19/h7-8,10-11,14,16H,9H2,1-6H3/t11-/m1/s1. The highest BCUT2D eigenvalue weighted by Gasteiger charge is 2.23. The monoisotopic (exact) mass is 302 g/mol. The summed E-state index contributed by atoms with van der Waals surface area (Å²) in [6.07, 6.45) is 5.03. The van der Waals surface area contributed by atoms with Crippen molar-refractivity contribution in [2.24, 2.45) is 0 Å². The molecule has 0 aliphatic heterocycles. The van der Waals surface area contributed by atoms with E-state index in [1.54, 1.807) is 0 Å². The van der Waals surface area contributed by atoms with E-state index in [9.17, 15) is 8.42 Å². The van der Waals surface area contributed by atoms with Gasteiger partial charge in [-0.25, -0.2) is 13.1 Å². The molecular formula is C13H26N4O2S. The summed E-state index contributed by atoms with van der Waals surface area (Å²) in [6, 6.07) is 0.447. The minimum atomic E-state index is -3.21. The van der Waals surface area contributed by atoms with E-state index in [2.05, 4.69) is 29.0 Å². The van der Waals surface area contributed by atoms with Gasteiger partial charge in [0.25, 0.3) is 0 Å². The second-order valence-electron chi connectivity index (χ2n) is 6.21. The molecule has 0 saturated heterocycles. The van der Waals surface area contributed by atoms with Gasteiger partial charge in [-0.3, -0.25) is 4.68 Å². The molecule has 0 aliphatic rings. The first-order chi connectivity index (χ1) is 9.00. The van der Waals surface area contributed by atoms with Crippen molar-refractivity contribution >= 4 is 10.0 Å². The fraction of sp³-hybridized carbons (Fsp3) is 0.769. The Labute approximate surface area is 122 Å². The summed E-state index contributed by atoms with van der Waals surface area (Å²) in [5, 5.41) is 7.64. The molecule has 0 spiro atoms. The van der Waals surface area contributed by atoms with E-state index < -0.39 is 15.6 Å². The van der Waals surface area contributed by atoms with Gasteiger partial charge in [-0.15, -0.1) is 0 Å². The van der Waals surface area contributed by atoms with Crippen molar-refractivity contribution in [3.63, 3.8) is 0 Å². The van der Waals surface area contributed by atoms with Crippen LogP contribution in [0.15, 0.2) is 12.4 Å². The molecule has 0 saturated carbocycles. The Morgan fingerprint density at radius 2 is 1.95 bits per heavy atom. The number of hydrogen-bond acceptors (Lipinski definition) is 4. The Bertz CT molecular complexity index is 534. The third-order valence-corrected chi connectivity index (χ3v) is 3.89. The average molecular weight is 302 g/mol. The van der Waals surface area contributed by atoms with Crippen LogP contribution in [0.5, 0.6) is 0 Å². The fourth-order valence-corrected chi connectivity index (χ4v) is 3.00. The molecule has 0 unspecified atom stereocenters. The van der Waals surface area contributed by atoms with Gasteiger partial charge in [-0.05, 0) is 34.6 Å². The maximum absolute atomic E-state index is 11.3. The molecule has 0 radical (unpaired) electrons. The van der Waals surface area contributed by atoms with E-state index in [1.807, 2.05) is 37.8 Å². The lowest BCUT2D eigenvalue weighted by atomic mass is 10.1. The van der Waals surface area contributed by atoms with Gasteiger partial charge in [0.05, 0.1) is 12.5 Å². The van der Waals surface area contributed by atoms with Crippen LogP contribution < -0.4 is 10.0 Å². The van der Waals surface area contributed by atoms with E-state index in [0.717, 1.165) is 5.56 Å². The molecule has 6 nitrogen and oxygen atoms in total. The fourth-order valence-electron chi connectivity index (χ4n) is 1.92. The number of hydrogen-bond donors (Lipinski definition) is 2. The van der Waals surface area contributed by atoms with E-state index in [0.29, 0.717) is 12.6 Å². The molecule has 1 atom stereocenters. The number of nitrogens with one attached hydrogen (secondary N) is 2. The maximum atomic E-state index is 11.3. The molecule has 2 N–H and O–H groups in total. The first-order valence-corrected chi connectivity index (χ1v) is 8.66. The Hall–Kier alpha value is -0.920. The van der Waals surface area contributed by atoms with Gasteiger partial charge < -0.3 is 5.32 Å². The van der Waals surface area contributed by atoms with E-state index in [-0.39, 0.29) is 6.04 Å². The highest BCUT2D eigenvalue weighted by atomic mass is 32.2. The minimum absolute atomic E-state index is 0.114. The van der Waals surface area contributed by atoms with E-state index in [1.165, 1.54) is 6.26 Å². The summed E-state index contributed by atoms with van der Waals surface area (Å²) >= 11 is 0. The van der Waals surface area contributed by atoms with Gasteiger partial charge >= 0.3 is 0 Å². The summed E-state index contributed by atoms with van der Waals surface area (Å²) in [6.45, 7) is 10.4. The van der Waals surface area contributed by atoms with Gasteiger partial charge in [0.2, 0.25) is 10.0 Å². The van der Waals surface area contributed by atoms with Crippen LogP contribution in [-0.2, 0) is 10.0 Å². The van der Waals surface area contributed by atoms with Gasteiger partial charge in [0, 0.05) is 35.9 Å². The van der Waals surface area contributed by atoms with Crippen LogP contribution in [0.25, 0.3) is 0 Å². The van der Waals surface area contributed by atoms with Crippen molar-refractivity contribution in [1.82, 2.24) is 19.8 Å². The summed E-state index contributed by atoms with van der Waals surface area (Å²) in [5.41, 5.74) is 0.560. The van der Waals surface area contributed by atoms with E-state index in [4.69, 9.17) is 0 Å². The summed E-state index contributed by atoms with van der Waals surface area (Å²) in [4.78, 5) is 0. The van der Waals surface area contributed by atoms with Crippen molar-refractivity contribution in [2.45, 2.75) is 52.2 Å². The van der Waals surface area contributed by atoms with Crippen molar-refractivity contribution in [1.29, 1.82) is 0 Å². The molecule has 0 amide bonds. The largest absolute Gasteiger partial charge is 0.308 e. The molecule has 0 aliphatic carbocycles. The Morgan fingerprint density at radius 1 is 1.35 bits per heavy atom. The Balaban J connectivity index is 2.60. The van der Waals surface area contributed by atoms with Crippen molar-refractivity contribution in [3.05, 3.63) is 18.0 Å². The smallest absolute Gasteiger partial charge is 0.209 e. The van der Waals surface area contributed by atoms with Gasteiger partial charge in [0.1, 0.15) is 0 Å². The summed E-state index contributed by atoms with van der Waals surface area (Å²) in [7, 11) is -3.21. The highest BCUT2D eigenvalue weighted by molar-refractivity contribution is 7.88. The van der Waals surface area contributed by atoms with Crippen LogP contribution in [0.3, 0.4) is 0 Å². The van der Waals surface area contributed by atoms with Gasteiger partial charge in [-0.2, -0.15) is 5.10 Å².